The zero-order chi connectivity index (χ0) is 15.7. The van der Waals surface area contributed by atoms with Gasteiger partial charge in [0.15, 0.2) is 0 Å². The molecule has 3 rings (SSSR count). The predicted octanol–water partition coefficient (Wildman–Crippen LogP) is 4.93. The summed E-state index contributed by atoms with van der Waals surface area (Å²) in [5, 5.41) is 3.53. The van der Waals surface area contributed by atoms with E-state index in [1.54, 1.807) is 16.2 Å². The molecule has 22 heavy (non-hydrogen) atoms. The summed E-state index contributed by atoms with van der Waals surface area (Å²) in [7, 11) is 0. The molecular formula is C18H21NO2S. The van der Waals surface area contributed by atoms with E-state index in [9.17, 15) is 4.79 Å². The first-order valence-corrected chi connectivity index (χ1v) is 8.45. The maximum atomic E-state index is 12.1. The second-order valence-corrected chi connectivity index (χ2v) is 7.46. The molecule has 1 aromatic carbocycles. The van der Waals surface area contributed by atoms with Gasteiger partial charge in [-0.3, -0.25) is 0 Å². The van der Waals surface area contributed by atoms with Gasteiger partial charge in [0.05, 0.1) is 0 Å². The number of carbonyl (C=O) groups excluding carboxylic acids is 1. The lowest BCUT2D eigenvalue weighted by molar-refractivity contribution is 0.0270. The Morgan fingerprint density at radius 2 is 2.05 bits per heavy atom. The van der Waals surface area contributed by atoms with E-state index < -0.39 is 5.60 Å². The first kappa shape index (κ1) is 15.1. The van der Waals surface area contributed by atoms with Crippen molar-refractivity contribution < 1.29 is 9.53 Å². The van der Waals surface area contributed by atoms with Crippen LogP contribution in [0.25, 0.3) is 15.7 Å². The zero-order valence-corrected chi connectivity index (χ0v) is 14.1. The third kappa shape index (κ3) is 3.17. The van der Waals surface area contributed by atoms with Crippen molar-refractivity contribution in [2.75, 3.05) is 13.1 Å². The number of nitrogens with zero attached hydrogens (tertiary/aromatic N) is 1. The minimum Gasteiger partial charge on any atom is -0.444 e. The maximum Gasteiger partial charge on any atom is 0.410 e. The van der Waals surface area contributed by atoms with E-state index in [4.69, 9.17) is 4.74 Å². The van der Waals surface area contributed by atoms with Crippen LogP contribution >= 0.6 is 11.3 Å². The number of fused-ring (bicyclic) bond motifs is 1. The number of rotatable bonds is 1. The number of benzene rings is 1. The van der Waals surface area contributed by atoms with Crippen molar-refractivity contribution in [3.8, 4) is 0 Å². The Kier molecular flexibility index (Phi) is 3.96. The van der Waals surface area contributed by atoms with E-state index in [-0.39, 0.29) is 6.09 Å². The number of thiophene rings is 1. The summed E-state index contributed by atoms with van der Waals surface area (Å²) < 4.78 is 6.75. The molecule has 2 heterocycles. The molecule has 3 nitrogen and oxygen atoms in total. The van der Waals surface area contributed by atoms with Gasteiger partial charge in [0.2, 0.25) is 0 Å². The van der Waals surface area contributed by atoms with Gasteiger partial charge < -0.3 is 9.64 Å². The molecule has 0 saturated heterocycles. The van der Waals surface area contributed by atoms with Crippen molar-refractivity contribution in [1.29, 1.82) is 0 Å². The molecule has 116 valence electrons. The van der Waals surface area contributed by atoms with Gasteiger partial charge in [-0.05, 0) is 55.2 Å². The molecule has 0 N–H and O–H groups in total. The average Bonchev–Trinajstić information content (AvgIpc) is 2.89. The van der Waals surface area contributed by atoms with E-state index in [1.165, 1.54) is 21.2 Å². The number of carbonyl (C=O) groups is 1. The summed E-state index contributed by atoms with van der Waals surface area (Å²) in [5.74, 6) is 0. The average molecular weight is 315 g/mol. The fourth-order valence-electron chi connectivity index (χ4n) is 2.63. The largest absolute Gasteiger partial charge is 0.444 e. The van der Waals surface area contributed by atoms with Crippen LogP contribution in [-0.2, 0) is 4.74 Å². The summed E-state index contributed by atoms with van der Waals surface area (Å²) in [6.07, 6.45) is 2.81. The molecule has 4 heteroatoms. The van der Waals surface area contributed by atoms with Gasteiger partial charge in [-0.1, -0.05) is 24.3 Å². The molecule has 0 saturated carbocycles. The van der Waals surface area contributed by atoms with Crippen LogP contribution in [0.4, 0.5) is 4.79 Å². The molecule has 1 aromatic heterocycles. The molecule has 0 fully saturated rings. The summed E-state index contributed by atoms with van der Waals surface area (Å²) >= 11 is 1.78. The highest BCUT2D eigenvalue weighted by Crippen LogP contribution is 2.33. The molecule has 0 atom stereocenters. The minimum absolute atomic E-state index is 0.224. The van der Waals surface area contributed by atoms with Crippen molar-refractivity contribution in [2.45, 2.75) is 32.8 Å². The van der Waals surface area contributed by atoms with Crippen molar-refractivity contribution >= 4 is 33.1 Å². The third-order valence-electron chi connectivity index (χ3n) is 3.69. The van der Waals surface area contributed by atoms with Gasteiger partial charge in [0.25, 0.3) is 0 Å². The van der Waals surface area contributed by atoms with Crippen molar-refractivity contribution in [2.24, 2.45) is 0 Å². The van der Waals surface area contributed by atoms with E-state index in [0.717, 1.165) is 6.42 Å². The smallest absolute Gasteiger partial charge is 0.410 e. The van der Waals surface area contributed by atoms with Gasteiger partial charge in [-0.25, -0.2) is 4.79 Å². The quantitative estimate of drug-likeness (QED) is 0.747. The highest BCUT2D eigenvalue weighted by molar-refractivity contribution is 7.17. The van der Waals surface area contributed by atoms with Crippen LogP contribution in [0, 0.1) is 0 Å². The van der Waals surface area contributed by atoms with Gasteiger partial charge >= 0.3 is 6.09 Å². The third-order valence-corrected chi connectivity index (χ3v) is 4.65. The summed E-state index contributed by atoms with van der Waals surface area (Å²) in [4.78, 5) is 13.9. The van der Waals surface area contributed by atoms with Crippen molar-refractivity contribution in [3.63, 3.8) is 0 Å². The van der Waals surface area contributed by atoms with Crippen LogP contribution < -0.4 is 0 Å². The Morgan fingerprint density at radius 3 is 2.73 bits per heavy atom. The van der Waals surface area contributed by atoms with E-state index in [2.05, 4.69) is 35.7 Å². The van der Waals surface area contributed by atoms with Crippen LogP contribution in [0.5, 0.6) is 0 Å². The van der Waals surface area contributed by atoms with Crippen molar-refractivity contribution in [3.05, 3.63) is 41.3 Å². The van der Waals surface area contributed by atoms with E-state index in [1.807, 2.05) is 20.8 Å². The lowest BCUT2D eigenvalue weighted by Gasteiger charge is -2.29. The lowest BCUT2D eigenvalue weighted by atomic mass is 9.99. The minimum atomic E-state index is -0.440. The topological polar surface area (TPSA) is 29.5 Å². The lowest BCUT2D eigenvalue weighted by Crippen LogP contribution is -2.39. The SMILES string of the molecule is CC(C)(C)OC(=O)N1CC=C(c2csc3ccccc23)CC1. The van der Waals surface area contributed by atoms with Crippen LogP contribution in [0.1, 0.15) is 32.8 Å². The number of hydrogen-bond acceptors (Lipinski definition) is 3. The molecular weight excluding hydrogens is 294 g/mol. The van der Waals surface area contributed by atoms with E-state index in [0.29, 0.717) is 13.1 Å². The van der Waals surface area contributed by atoms with Gasteiger partial charge in [0.1, 0.15) is 5.60 Å². The van der Waals surface area contributed by atoms with Crippen molar-refractivity contribution in [1.82, 2.24) is 4.90 Å². The molecule has 2 aromatic rings. The molecule has 0 spiro atoms. The standard InChI is InChI=1S/C18H21NO2S/c1-18(2,3)21-17(20)19-10-8-13(9-11-19)15-12-22-16-7-5-4-6-14(15)16/h4-8,12H,9-11H2,1-3H3. The van der Waals surface area contributed by atoms with Gasteiger partial charge in [-0.2, -0.15) is 0 Å². The first-order chi connectivity index (χ1) is 10.4. The maximum absolute atomic E-state index is 12.1. The molecule has 1 aliphatic heterocycles. The molecule has 0 radical (unpaired) electrons. The summed E-state index contributed by atoms with van der Waals surface area (Å²) in [5.41, 5.74) is 2.20. The molecule has 0 aliphatic carbocycles. The predicted molar refractivity (Wildman–Crippen MR) is 92.2 cm³/mol. The fraction of sp³-hybridized carbons (Fsp3) is 0.389. The van der Waals surface area contributed by atoms with Crippen LogP contribution in [-0.4, -0.2) is 29.7 Å². The Morgan fingerprint density at radius 1 is 1.27 bits per heavy atom. The van der Waals surface area contributed by atoms with Crippen LogP contribution in [0.15, 0.2) is 35.7 Å². The Bertz CT molecular complexity index is 724. The highest BCUT2D eigenvalue weighted by atomic mass is 32.1. The normalized spacial score (nSPS) is 15.8. The number of hydrogen-bond donors (Lipinski definition) is 0. The fourth-order valence-corrected chi connectivity index (χ4v) is 3.62. The molecule has 0 unspecified atom stereocenters. The molecule has 1 amide bonds. The Labute approximate surface area is 135 Å². The van der Waals surface area contributed by atoms with Crippen LogP contribution in [0.2, 0.25) is 0 Å². The van der Waals surface area contributed by atoms with Gasteiger partial charge in [-0.15, -0.1) is 11.3 Å². The Hall–Kier alpha value is -1.81. The van der Waals surface area contributed by atoms with E-state index >= 15 is 0 Å². The number of ether oxygens (including phenoxy) is 1. The second-order valence-electron chi connectivity index (χ2n) is 6.55. The van der Waals surface area contributed by atoms with Crippen LogP contribution in [0.3, 0.4) is 0 Å². The monoisotopic (exact) mass is 315 g/mol. The van der Waals surface area contributed by atoms with Gasteiger partial charge in [0, 0.05) is 17.8 Å². The second kappa shape index (κ2) is 5.76. The zero-order valence-electron chi connectivity index (χ0n) is 13.3. The summed E-state index contributed by atoms with van der Waals surface area (Å²) in [6.45, 7) is 7.02. The molecule has 0 bridgehead atoms. The highest BCUT2D eigenvalue weighted by Gasteiger charge is 2.24. The summed E-state index contributed by atoms with van der Waals surface area (Å²) in [6, 6.07) is 8.47. The Balaban J connectivity index is 1.75. The molecule has 1 aliphatic rings. The number of amides is 1. The first-order valence-electron chi connectivity index (χ1n) is 7.57.